The summed E-state index contributed by atoms with van der Waals surface area (Å²) in [4.78, 5) is 27.4. The Balaban J connectivity index is 1.49. The summed E-state index contributed by atoms with van der Waals surface area (Å²) in [6.45, 7) is 0. The highest BCUT2D eigenvalue weighted by molar-refractivity contribution is 7.99. The lowest BCUT2D eigenvalue weighted by Crippen LogP contribution is -2.42. The highest BCUT2D eigenvalue weighted by Gasteiger charge is 2.14. The molecule has 10 heteroatoms. The van der Waals surface area contributed by atoms with Crippen LogP contribution in [0.3, 0.4) is 0 Å². The zero-order chi connectivity index (χ0) is 18.4. The van der Waals surface area contributed by atoms with E-state index in [9.17, 15) is 9.59 Å². The number of benzene rings is 1. The quantitative estimate of drug-likeness (QED) is 0.509. The number of rotatable bonds is 5. The van der Waals surface area contributed by atoms with Crippen molar-refractivity contribution in [3.8, 4) is 11.5 Å². The minimum atomic E-state index is -0.511. The van der Waals surface area contributed by atoms with Crippen molar-refractivity contribution in [1.29, 1.82) is 0 Å². The molecule has 0 fully saturated rings. The third-order valence-corrected chi connectivity index (χ3v) is 4.20. The lowest BCUT2D eigenvalue weighted by atomic mass is 10.2. The van der Waals surface area contributed by atoms with E-state index in [4.69, 9.17) is 16.0 Å². The molecule has 0 radical (unpaired) electrons. The van der Waals surface area contributed by atoms with Crippen LogP contribution in [0.25, 0.3) is 11.5 Å². The van der Waals surface area contributed by atoms with Gasteiger partial charge < -0.3 is 4.42 Å². The first kappa shape index (κ1) is 17.9. The zero-order valence-corrected chi connectivity index (χ0v) is 14.8. The molecule has 3 aromatic rings. The van der Waals surface area contributed by atoms with Crippen LogP contribution in [0.1, 0.15) is 10.5 Å². The molecule has 8 nitrogen and oxygen atoms in total. The Hall–Kier alpha value is -2.91. The maximum absolute atomic E-state index is 11.8. The van der Waals surface area contributed by atoms with Gasteiger partial charge in [0.1, 0.15) is 5.69 Å². The summed E-state index contributed by atoms with van der Waals surface area (Å²) >= 11 is 7.11. The number of carbonyl (C=O) groups is 2. The van der Waals surface area contributed by atoms with Crippen LogP contribution in [0.4, 0.5) is 0 Å². The first-order valence-electron chi connectivity index (χ1n) is 7.35. The lowest BCUT2D eigenvalue weighted by molar-refractivity contribution is -0.119. The van der Waals surface area contributed by atoms with Crippen molar-refractivity contribution in [3.05, 3.63) is 59.4 Å². The van der Waals surface area contributed by atoms with Gasteiger partial charge in [-0.25, -0.2) is 0 Å². The number of hydrazine groups is 1. The fraction of sp³-hybridized carbons (Fsp3) is 0.0625. The topological polar surface area (TPSA) is 110 Å². The summed E-state index contributed by atoms with van der Waals surface area (Å²) in [7, 11) is 0. The Morgan fingerprint density at radius 2 is 1.88 bits per heavy atom. The molecule has 0 unspecified atom stereocenters. The van der Waals surface area contributed by atoms with E-state index in [0.717, 1.165) is 11.8 Å². The summed E-state index contributed by atoms with van der Waals surface area (Å²) in [5.74, 6) is -0.700. The van der Waals surface area contributed by atoms with Gasteiger partial charge >= 0.3 is 0 Å². The molecule has 2 heterocycles. The summed E-state index contributed by atoms with van der Waals surface area (Å²) in [5.41, 5.74) is 5.37. The maximum atomic E-state index is 11.8. The second kappa shape index (κ2) is 8.45. The van der Waals surface area contributed by atoms with E-state index in [1.807, 2.05) is 0 Å². The Morgan fingerprint density at radius 1 is 1.08 bits per heavy atom. The normalized spacial score (nSPS) is 10.3. The van der Waals surface area contributed by atoms with E-state index in [-0.39, 0.29) is 22.6 Å². The van der Waals surface area contributed by atoms with E-state index in [1.165, 1.54) is 12.3 Å². The lowest BCUT2D eigenvalue weighted by Gasteiger charge is -2.05. The Morgan fingerprint density at radius 3 is 2.65 bits per heavy atom. The Bertz CT molecular complexity index is 919. The third-order valence-electron chi connectivity index (χ3n) is 3.05. The van der Waals surface area contributed by atoms with Crippen molar-refractivity contribution >= 4 is 35.2 Å². The van der Waals surface area contributed by atoms with Crippen molar-refractivity contribution in [2.24, 2.45) is 0 Å². The van der Waals surface area contributed by atoms with Gasteiger partial charge in [0.15, 0.2) is 0 Å². The van der Waals surface area contributed by atoms with Crippen LogP contribution in [0, 0.1) is 0 Å². The molecule has 3 rings (SSSR count). The minimum Gasteiger partial charge on any atom is -0.411 e. The van der Waals surface area contributed by atoms with Crippen LogP contribution in [-0.2, 0) is 4.79 Å². The van der Waals surface area contributed by atoms with Crippen LogP contribution in [0.2, 0.25) is 5.02 Å². The van der Waals surface area contributed by atoms with Gasteiger partial charge in [0.2, 0.25) is 11.8 Å². The second-order valence-corrected chi connectivity index (χ2v) is 6.19. The summed E-state index contributed by atoms with van der Waals surface area (Å²) in [5, 5.41) is 8.47. The molecule has 0 saturated carbocycles. The summed E-state index contributed by atoms with van der Waals surface area (Å²) in [6, 6.07) is 12.0. The molecule has 0 aliphatic carbocycles. The fourth-order valence-electron chi connectivity index (χ4n) is 1.86. The summed E-state index contributed by atoms with van der Waals surface area (Å²) < 4.78 is 5.47. The van der Waals surface area contributed by atoms with E-state index in [0.29, 0.717) is 10.6 Å². The molecule has 0 spiro atoms. The highest BCUT2D eigenvalue weighted by atomic mass is 35.5. The average molecular weight is 390 g/mol. The fourth-order valence-corrected chi connectivity index (χ4v) is 2.64. The number of carbonyl (C=O) groups excluding carboxylic acids is 2. The van der Waals surface area contributed by atoms with Crippen molar-refractivity contribution in [1.82, 2.24) is 26.0 Å². The number of halogens is 1. The van der Waals surface area contributed by atoms with Crippen molar-refractivity contribution in [2.75, 3.05) is 5.75 Å². The Kier molecular flexibility index (Phi) is 5.82. The number of nitrogens with one attached hydrogen (secondary N) is 2. The molecule has 0 atom stereocenters. The van der Waals surface area contributed by atoms with Crippen molar-refractivity contribution in [3.63, 3.8) is 0 Å². The van der Waals surface area contributed by atoms with Crippen LogP contribution < -0.4 is 10.9 Å². The van der Waals surface area contributed by atoms with Gasteiger partial charge in [-0.05, 0) is 24.3 Å². The van der Waals surface area contributed by atoms with Gasteiger partial charge in [0.05, 0.1) is 16.3 Å². The number of pyridine rings is 1. The standard InChI is InChI=1S/C16H12ClN5O3S/c17-11-6-2-1-5-10(11)15-21-22-16(25-15)26-9-13(23)19-20-14(24)12-7-3-4-8-18-12/h1-8H,9H2,(H,19,23)(H,20,24). The third kappa shape index (κ3) is 4.58. The molecule has 0 saturated heterocycles. The predicted molar refractivity (Wildman–Crippen MR) is 95.3 cm³/mol. The number of aromatic nitrogens is 3. The van der Waals surface area contributed by atoms with Gasteiger partial charge in [-0.2, -0.15) is 0 Å². The van der Waals surface area contributed by atoms with Crippen molar-refractivity contribution in [2.45, 2.75) is 5.22 Å². The minimum absolute atomic E-state index is 0.0212. The first-order valence-corrected chi connectivity index (χ1v) is 8.71. The van der Waals surface area contributed by atoms with Gasteiger partial charge in [-0.15, -0.1) is 10.2 Å². The number of amides is 2. The van der Waals surface area contributed by atoms with E-state index >= 15 is 0 Å². The molecule has 2 amide bonds. The van der Waals surface area contributed by atoms with Crippen LogP contribution in [0.5, 0.6) is 0 Å². The number of hydrogen-bond donors (Lipinski definition) is 2. The monoisotopic (exact) mass is 389 g/mol. The van der Waals surface area contributed by atoms with Crippen LogP contribution >= 0.6 is 23.4 Å². The molecular weight excluding hydrogens is 378 g/mol. The molecule has 0 aliphatic heterocycles. The maximum Gasteiger partial charge on any atom is 0.288 e. The van der Waals surface area contributed by atoms with Crippen LogP contribution in [-0.4, -0.2) is 32.7 Å². The Labute approximate surface area is 157 Å². The predicted octanol–water partition coefficient (Wildman–Crippen LogP) is 2.34. The molecule has 1 aromatic carbocycles. The molecular formula is C16H12ClN5O3S. The van der Waals surface area contributed by atoms with Crippen molar-refractivity contribution < 1.29 is 14.0 Å². The average Bonchev–Trinajstić information content (AvgIpc) is 3.14. The highest BCUT2D eigenvalue weighted by Crippen LogP contribution is 2.28. The molecule has 2 N–H and O–H groups in total. The second-order valence-electron chi connectivity index (χ2n) is 4.86. The zero-order valence-electron chi connectivity index (χ0n) is 13.2. The molecule has 0 bridgehead atoms. The van der Waals surface area contributed by atoms with Gasteiger partial charge in [0.25, 0.3) is 11.1 Å². The van der Waals surface area contributed by atoms with Gasteiger partial charge in [-0.1, -0.05) is 41.6 Å². The summed E-state index contributed by atoms with van der Waals surface area (Å²) in [6.07, 6.45) is 1.48. The molecule has 132 valence electrons. The van der Waals surface area contributed by atoms with E-state index in [2.05, 4.69) is 26.0 Å². The number of thioether (sulfide) groups is 1. The molecule has 2 aromatic heterocycles. The largest absolute Gasteiger partial charge is 0.411 e. The first-order chi connectivity index (χ1) is 12.6. The van der Waals surface area contributed by atoms with Gasteiger partial charge in [-0.3, -0.25) is 25.4 Å². The van der Waals surface area contributed by atoms with E-state index in [1.54, 1.807) is 36.4 Å². The van der Waals surface area contributed by atoms with E-state index < -0.39 is 11.8 Å². The van der Waals surface area contributed by atoms with Gasteiger partial charge in [0, 0.05) is 6.20 Å². The molecule has 26 heavy (non-hydrogen) atoms. The number of nitrogens with zero attached hydrogens (tertiary/aromatic N) is 3. The number of hydrogen-bond acceptors (Lipinski definition) is 7. The SMILES string of the molecule is O=C(CSc1nnc(-c2ccccc2Cl)o1)NNC(=O)c1ccccn1. The molecule has 0 aliphatic rings. The smallest absolute Gasteiger partial charge is 0.288 e. The van der Waals surface area contributed by atoms with Crippen LogP contribution in [0.15, 0.2) is 58.3 Å².